The zero-order chi connectivity index (χ0) is 29.1. The summed E-state index contributed by atoms with van der Waals surface area (Å²) in [6, 6.07) is 10.0. The molecule has 0 bridgehead atoms. The minimum Gasteiger partial charge on any atom is -0.493 e. The van der Waals surface area contributed by atoms with Crippen molar-refractivity contribution in [2.24, 2.45) is 0 Å². The monoisotopic (exact) mass is 536 g/mol. The van der Waals surface area contributed by atoms with Crippen molar-refractivity contribution in [3.8, 4) is 22.6 Å². The van der Waals surface area contributed by atoms with E-state index < -0.39 is 23.9 Å². The Morgan fingerprint density at radius 3 is 1.85 bits per heavy atom. The Balaban J connectivity index is 2.33. The van der Waals surface area contributed by atoms with Gasteiger partial charge < -0.3 is 23.7 Å². The van der Waals surface area contributed by atoms with Gasteiger partial charge in [0.25, 0.3) is 0 Å². The summed E-state index contributed by atoms with van der Waals surface area (Å²) in [5.41, 5.74) is 2.97. The van der Waals surface area contributed by atoms with Gasteiger partial charge in [0.1, 0.15) is 13.2 Å². The van der Waals surface area contributed by atoms with Crippen molar-refractivity contribution in [1.29, 1.82) is 0 Å². The largest absolute Gasteiger partial charge is 0.493 e. The molecule has 0 aliphatic carbocycles. The van der Waals surface area contributed by atoms with Crippen LogP contribution in [0.5, 0.6) is 11.5 Å². The molecular weight excluding hydrogens is 504 g/mol. The highest BCUT2D eigenvalue weighted by Crippen LogP contribution is 2.34. The molecule has 0 amide bonds. The minimum atomic E-state index is -0.637. The van der Waals surface area contributed by atoms with Crippen LogP contribution in [-0.4, -0.2) is 50.8 Å². The average molecular weight is 537 g/mol. The second-order valence-electron chi connectivity index (χ2n) is 8.67. The molecule has 0 fully saturated rings. The average Bonchev–Trinajstić information content (AvgIpc) is 2.90. The number of hydrogen-bond donors (Lipinski definition) is 0. The van der Waals surface area contributed by atoms with Crippen LogP contribution < -0.4 is 9.47 Å². The molecule has 2 rings (SSSR count). The zero-order valence-electron chi connectivity index (χ0n) is 22.6. The van der Waals surface area contributed by atoms with Crippen molar-refractivity contribution in [2.75, 3.05) is 26.9 Å². The molecule has 0 spiro atoms. The molecule has 9 heteroatoms. The van der Waals surface area contributed by atoms with E-state index >= 15 is 0 Å². The Labute approximate surface area is 227 Å². The molecule has 9 nitrogen and oxygen atoms in total. The van der Waals surface area contributed by atoms with Crippen molar-refractivity contribution >= 4 is 23.9 Å². The number of carbonyl (C=O) groups excluding carboxylic acids is 4. The van der Waals surface area contributed by atoms with Gasteiger partial charge in [0.2, 0.25) is 0 Å². The third kappa shape index (κ3) is 9.30. The van der Waals surface area contributed by atoms with Crippen LogP contribution in [0.4, 0.5) is 0 Å². The first kappa shape index (κ1) is 30.6. The molecule has 0 aliphatic heterocycles. The Morgan fingerprint density at radius 2 is 1.26 bits per heavy atom. The van der Waals surface area contributed by atoms with Gasteiger partial charge in [-0.15, -0.1) is 0 Å². The fraction of sp³-hybridized carbons (Fsp3) is 0.267. The second kappa shape index (κ2) is 14.3. The van der Waals surface area contributed by atoms with Crippen LogP contribution in [0.2, 0.25) is 0 Å². The first-order chi connectivity index (χ1) is 18.4. The van der Waals surface area contributed by atoms with E-state index in [1.807, 2.05) is 6.07 Å². The number of hydrogen-bond acceptors (Lipinski definition) is 9. The van der Waals surface area contributed by atoms with Crippen molar-refractivity contribution in [1.82, 2.24) is 0 Å². The molecule has 0 saturated heterocycles. The zero-order valence-corrected chi connectivity index (χ0v) is 22.6. The topological polar surface area (TPSA) is 114 Å². The highest BCUT2D eigenvalue weighted by molar-refractivity contribution is 5.92. The summed E-state index contributed by atoms with van der Waals surface area (Å²) in [6.07, 6.45) is 0.314. The molecule has 2 aromatic carbocycles. The van der Waals surface area contributed by atoms with Crippen molar-refractivity contribution in [3.05, 3.63) is 84.0 Å². The summed E-state index contributed by atoms with van der Waals surface area (Å²) in [5, 5.41) is 0. The molecule has 0 aliphatic rings. The van der Waals surface area contributed by atoms with E-state index in [-0.39, 0.29) is 47.9 Å². The number of carbonyl (C=O) groups is 4. The van der Waals surface area contributed by atoms with Gasteiger partial charge >= 0.3 is 23.9 Å². The minimum absolute atomic E-state index is 0.0691. The maximum atomic E-state index is 12.8. The van der Waals surface area contributed by atoms with Crippen LogP contribution in [0.1, 0.15) is 36.7 Å². The predicted molar refractivity (Wildman–Crippen MR) is 144 cm³/mol. The van der Waals surface area contributed by atoms with E-state index in [4.69, 9.17) is 23.7 Å². The molecule has 0 radical (unpaired) electrons. The van der Waals surface area contributed by atoms with Gasteiger partial charge in [-0.25, -0.2) is 19.2 Å². The number of rotatable bonds is 13. The summed E-state index contributed by atoms with van der Waals surface area (Å²) in [6.45, 7) is 15.0. The molecule has 0 N–H and O–H groups in total. The first-order valence-corrected chi connectivity index (χ1v) is 11.9. The number of methoxy groups -OCH3 is 1. The predicted octanol–water partition coefficient (Wildman–Crippen LogP) is 4.78. The van der Waals surface area contributed by atoms with Gasteiger partial charge in [-0.05, 0) is 61.7 Å². The highest BCUT2D eigenvalue weighted by Gasteiger charge is 2.16. The van der Waals surface area contributed by atoms with Crippen LogP contribution in [0.15, 0.2) is 72.9 Å². The number of esters is 4. The van der Waals surface area contributed by atoms with Crippen molar-refractivity contribution in [3.63, 3.8) is 0 Å². The van der Waals surface area contributed by atoms with Crippen LogP contribution >= 0.6 is 0 Å². The molecule has 0 saturated carbocycles. The summed E-state index contributed by atoms with van der Waals surface area (Å²) in [7, 11) is 1.44. The van der Waals surface area contributed by atoms with Gasteiger partial charge in [0.15, 0.2) is 11.5 Å². The van der Waals surface area contributed by atoms with Crippen LogP contribution in [0.25, 0.3) is 11.1 Å². The molecule has 2 aromatic rings. The Kier molecular flexibility index (Phi) is 11.2. The lowest BCUT2D eigenvalue weighted by molar-refractivity contribution is -0.140. The van der Waals surface area contributed by atoms with E-state index in [9.17, 15) is 19.2 Å². The van der Waals surface area contributed by atoms with Gasteiger partial charge in [0, 0.05) is 23.1 Å². The standard InChI is InChI=1S/C30H32O9/c1-18(2)27(31)36-11-10-21-14-23(16-24(15-21)30(34)38-13-12-37-28(32)19(3)4)22-8-9-25(26(17-22)35-7)39-29(33)20(5)6/h8-9,14-17H,1,3,5,10-13H2,2,4,6-7H3. The van der Waals surface area contributed by atoms with E-state index in [1.165, 1.54) is 21.0 Å². The normalized spacial score (nSPS) is 10.2. The van der Waals surface area contributed by atoms with Crippen LogP contribution in [0.3, 0.4) is 0 Å². The first-order valence-electron chi connectivity index (χ1n) is 11.9. The lowest BCUT2D eigenvalue weighted by Crippen LogP contribution is -2.14. The summed E-state index contributed by atoms with van der Waals surface area (Å²) >= 11 is 0. The second-order valence-corrected chi connectivity index (χ2v) is 8.67. The van der Waals surface area contributed by atoms with E-state index in [0.717, 1.165) is 0 Å². The maximum absolute atomic E-state index is 12.8. The smallest absolute Gasteiger partial charge is 0.338 e. The lowest BCUT2D eigenvalue weighted by atomic mass is 9.98. The third-order valence-electron chi connectivity index (χ3n) is 5.15. The Hall–Kier alpha value is -4.66. The fourth-order valence-electron chi connectivity index (χ4n) is 3.10. The van der Waals surface area contributed by atoms with Gasteiger partial charge in [-0.1, -0.05) is 31.9 Å². The number of benzene rings is 2. The van der Waals surface area contributed by atoms with Crippen molar-refractivity contribution in [2.45, 2.75) is 27.2 Å². The van der Waals surface area contributed by atoms with E-state index in [2.05, 4.69) is 19.7 Å². The Morgan fingerprint density at radius 1 is 0.667 bits per heavy atom. The van der Waals surface area contributed by atoms with Gasteiger partial charge in [-0.2, -0.15) is 0 Å². The molecule has 206 valence electrons. The van der Waals surface area contributed by atoms with Gasteiger partial charge in [0.05, 0.1) is 19.3 Å². The highest BCUT2D eigenvalue weighted by atomic mass is 16.6. The molecule has 0 unspecified atom stereocenters. The maximum Gasteiger partial charge on any atom is 0.338 e. The summed E-state index contributed by atoms with van der Waals surface area (Å²) < 4.78 is 26.1. The summed E-state index contributed by atoms with van der Waals surface area (Å²) in [4.78, 5) is 48.1. The fourth-order valence-corrected chi connectivity index (χ4v) is 3.10. The van der Waals surface area contributed by atoms with E-state index in [0.29, 0.717) is 28.9 Å². The lowest BCUT2D eigenvalue weighted by Gasteiger charge is -2.14. The quantitative estimate of drug-likeness (QED) is 0.117. The molecule has 0 aromatic heterocycles. The van der Waals surface area contributed by atoms with Crippen LogP contribution in [0, 0.1) is 0 Å². The van der Waals surface area contributed by atoms with E-state index in [1.54, 1.807) is 37.3 Å². The van der Waals surface area contributed by atoms with Crippen molar-refractivity contribution < 1.29 is 42.9 Å². The van der Waals surface area contributed by atoms with Crippen LogP contribution in [-0.2, 0) is 35.0 Å². The third-order valence-corrected chi connectivity index (χ3v) is 5.15. The Bertz CT molecular complexity index is 1300. The van der Waals surface area contributed by atoms with Gasteiger partial charge in [-0.3, -0.25) is 0 Å². The molecule has 39 heavy (non-hydrogen) atoms. The molecule has 0 atom stereocenters. The molecule has 0 heterocycles. The molecular formula is C30H32O9. The SMILES string of the molecule is C=C(C)C(=O)OCCOC(=O)c1cc(CCOC(=O)C(=C)C)cc(-c2ccc(OC(=O)C(=C)C)c(OC)c2)c1. The number of ether oxygens (including phenoxy) is 5. The summed E-state index contributed by atoms with van der Waals surface area (Å²) in [5.74, 6) is -1.81.